The minimum absolute atomic E-state index is 0.0321. The van der Waals surface area contributed by atoms with Crippen molar-refractivity contribution in [2.45, 2.75) is 34.6 Å². The van der Waals surface area contributed by atoms with Crippen LogP contribution in [0, 0.1) is 23.7 Å². The van der Waals surface area contributed by atoms with Crippen molar-refractivity contribution in [3.05, 3.63) is 17.8 Å². The van der Waals surface area contributed by atoms with Crippen molar-refractivity contribution in [1.82, 2.24) is 4.98 Å². The highest BCUT2D eigenvalue weighted by Gasteiger charge is 2.68. The van der Waals surface area contributed by atoms with Crippen LogP contribution in [0.1, 0.15) is 33.3 Å². The van der Waals surface area contributed by atoms with E-state index in [2.05, 4.69) is 38.0 Å². The Morgan fingerprint density at radius 1 is 1.33 bits per heavy atom. The van der Waals surface area contributed by atoms with E-state index in [0.717, 1.165) is 5.56 Å². The number of nitrogens with zero attached hydrogens (tertiary/aromatic N) is 1. The summed E-state index contributed by atoms with van der Waals surface area (Å²) >= 11 is 0. The Labute approximate surface area is 108 Å². The molecule has 1 saturated carbocycles. The van der Waals surface area contributed by atoms with Gasteiger partial charge in [-0.2, -0.15) is 0 Å². The van der Waals surface area contributed by atoms with Crippen LogP contribution in [0.25, 0.3) is 0 Å². The van der Waals surface area contributed by atoms with Gasteiger partial charge in [0.1, 0.15) is 5.82 Å². The van der Waals surface area contributed by atoms with Gasteiger partial charge in [-0.25, -0.2) is 4.98 Å². The van der Waals surface area contributed by atoms with Crippen LogP contribution in [-0.2, 0) is 4.79 Å². The van der Waals surface area contributed by atoms with Crippen molar-refractivity contribution in [3.8, 4) is 0 Å². The van der Waals surface area contributed by atoms with Crippen LogP contribution in [0.3, 0.4) is 0 Å². The summed E-state index contributed by atoms with van der Waals surface area (Å²) in [6.45, 7) is 10.4. The van der Waals surface area contributed by atoms with Crippen molar-refractivity contribution < 1.29 is 4.79 Å². The van der Waals surface area contributed by atoms with Gasteiger partial charge in [0.15, 0.2) is 0 Å². The number of nitrogen functional groups attached to an aromatic ring is 1. The summed E-state index contributed by atoms with van der Waals surface area (Å²) in [7, 11) is 0. The van der Waals surface area contributed by atoms with Crippen LogP contribution in [-0.4, -0.2) is 10.9 Å². The molecule has 0 aromatic carbocycles. The number of carbonyl (C=O) groups is 1. The van der Waals surface area contributed by atoms with Gasteiger partial charge in [0.2, 0.25) is 5.91 Å². The molecule has 0 aliphatic heterocycles. The van der Waals surface area contributed by atoms with Gasteiger partial charge in [0.05, 0.1) is 11.9 Å². The monoisotopic (exact) mass is 247 g/mol. The Morgan fingerprint density at radius 2 is 1.89 bits per heavy atom. The zero-order valence-electron chi connectivity index (χ0n) is 11.7. The first-order valence-corrected chi connectivity index (χ1v) is 6.21. The molecule has 4 nitrogen and oxygen atoms in total. The topological polar surface area (TPSA) is 68.0 Å². The number of nitrogens with two attached hydrogens (primary N) is 1. The number of rotatable bonds is 2. The van der Waals surface area contributed by atoms with Crippen LogP contribution in [0.2, 0.25) is 0 Å². The van der Waals surface area contributed by atoms with Crippen LogP contribution in [0.15, 0.2) is 12.3 Å². The maximum atomic E-state index is 12.2. The van der Waals surface area contributed by atoms with E-state index >= 15 is 0 Å². The number of hydrogen-bond donors (Lipinski definition) is 2. The molecular weight excluding hydrogens is 226 g/mol. The quantitative estimate of drug-likeness (QED) is 0.844. The third kappa shape index (κ3) is 1.76. The number of carbonyl (C=O) groups excluding carboxylic acids is 1. The Kier molecular flexibility index (Phi) is 2.65. The van der Waals surface area contributed by atoms with E-state index in [4.69, 9.17) is 5.73 Å². The van der Waals surface area contributed by atoms with E-state index in [1.54, 1.807) is 12.3 Å². The molecule has 0 radical (unpaired) electrons. The minimum Gasteiger partial charge on any atom is -0.397 e. The first-order valence-electron chi connectivity index (χ1n) is 6.21. The first-order chi connectivity index (χ1) is 8.18. The normalized spacial score (nSPS) is 20.5. The number of amides is 1. The van der Waals surface area contributed by atoms with Gasteiger partial charge < -0.3 is 11.1 Å². The molecule has 0 spiro atoms. The molecule has 0 bridgehead atoms. The van der Waals surface area contributed by atoms with Crippen LogP contribution < -0.4 is 11.1 Å². The van der Waals surface area contributed by atoms with Gasteiger partial charge in [-0.3, -0.25) is 4.79 Å². The molecule has 2 rings (SSSR count). The summed E-state index contributed by atoms with van der Waals surface area (Å²) in [6.07, 6.45) is 1.58. The van der Waals surface area contributed by atoms with Gasteiger partial charge in [0, 0.05) is 5.92 Å². The molecule has 1 aromatic heterocycles. The molecule has 3 N–H and O–H groups in total. The molecule has 0 unspecified atom stereocenters. The van der Waals surface area contributed by atoms with Crippen LogP contribution >= 0.6 is 0 Å². The van der Waals surface area contributed by atoms with Gasteiger partial charge >= 0.3 is 0 Å². The smallest absolute Gasteiger partial charge is 0.229 e. The molecule has 1 aromatic rings. The SMILES string of the molecule is Cc1cc(NC(=O)C2C(C)(C)C2(C)C)ncc1N. The van der Waals surface area contributed by atoms with Crippen LogP contribution in [0.4, 0.5) is 11.5 Å². The third-order valence-corrected chi connectivity index (χ3v) is 4.69. The molecule has 1 fully saturated rings. The molecule has 1 aliphatic carbocycles. The average Bonchev–Trinajstić information content (AvgIpc) is 2.63. The summed E-state index contributed by atoms with van der Waals surface area (Å²) in [4.78, 5) is 16.3. The van der Waals surface area contributed by atoms with Crippen molar-refractivity contribution in [3.63, 3.8) is 0 Å². The van der Waals surface area contributed by atoms with Crippen molar-refractivity contribution >= 4 is 17.4 Å². The Balaban J connectivity index is 2.12. The maximum absolute atomic E-state index is 12.2. The van der Waals surface area contributed by atoms with E-state index in [1.807, 2.05) is 6.92 Å². The number of anilines is 2. The highest BCUT2D eigenvalue weighted by Crippen LogP contribution is 2.68. The van der Waals surface area contributed by atoms with Gasteiger partial charge in [-0.15, -0.1) is 0 Å². The summed E-state index contributed by atoms with van der Waals surface area (Å²) in [6, 6.07) is 1.80. The summed E-state index contributed by atoms with van der Waals surface area (Å²) in [5.41, 5.74) is 7.35. The van der Waals surface area contributed by atoms with Gasteiger partial charge in [0.25, 0.3) is 0 Å². The van der Waals surface area contributed by atoms with Crippen molar-refractivity contribution in [1.29, 1.82) is 0 Å². The zero-order valence-corrected chi connectivity index (χ0v) is 11.7. The second-order valence-corrected chi connectivity index (χ2v) is 6.29. The van der Waals surface area contributed by atoms with Gasteiger partial charge in [-0.1, -0.05) is 27.7 Å². The van der Waals surface area contributed by atoms with E-state index in [0.29, 0.717) is 11.5 Å². The molecule has 1 aliphatic rings. The fourth-order valence-electron chi connectivity index (χ4n) is 2.69. The average molecular weight is 247 g/mol. The lowest BCUT2D eigenvalue weighted by Crippen LogP contribution is -2.18. The lowest BCUT2D eigenvalue weighted by atomic mass is 10.0. The number of aryl methyl sites for hydroxylation is 1. The Morgan fingerprint density at radius 3 is 2.33 bits per heavy atom. The van der Waals surface area contributed by atoms with E-state index < -0.39 is 0 Å². The minimum atomic E-state index is 0.0321. The molecule has 0 saturated heterocycles. The number of hydrogen-bond acceptors (Lipinski definition) is 3. The lowest BCUT2D eigenvalue weighted by molar-refractivity contribution is -0.118. The molecule has 18 heavy (non-hydrogen) atoms. The van der Waals surface area contributed by atoms with E-state index in [-0.39, 0.29) is 22.7 Å². The highest BCUT2D eigenvalue weighted by atomic mass is 16.2. The molecule has 4 heteroatoms. The zero-order chi connectivity index (χ0) is 13.7. The van der Waals surface area contributed by atoms with Crippen LogP contribution in [0.5, 0.6) is 0 Å². The number of aromatic nitrogens is 1. The second kappa shape index (κ2) is 3.70. The standard InChI is InChI=1S/C14H21N3O/c1-8-6-10(16-7-9(8)15)17-12(18)11-13(2,3)14(11,4)5/h6-7,11H,15H2,1-5H3,(H,16,17,18). The number of nitrogens with one attached hydrogen (secondary N) is 1. The molecule has 1 amide bonds. The Hall–Kier alpha value is -1.58. The highest BCUT2D eigenvalue weighted by molar-refractivity contribution is 5.95. The molecule has 98 valence electrons. The van der Waals surface area contributed by atoms with E-state index in [9.17, 15) is 4.79 Å². The predicted molar refractivity (Wildman–Crippen MR) is 73.1 cm³/mol. The van der Waals surface area contributed by atoms with Gasteiger partial charge in [-0.05, 0) is 29.4 Å². The Bertz CT molecular complexity index is 492. The second-order valence-electron chi connectivity index (χ2n) is 6.29. The third-order valence-electron chi connectivity index (χ3n) is 4.69. The molecular formula is C14H21N3O. The fourth-order valence-corrected chi connectivity index (χ4v) is 2.69. The lowest BCUT2D eigenvalue weighted by Gasteiger charge is -2.07. The predicted octanol–water partition coefficient (Wildman–Crippen LogP) is 2.59. The maximum Gasteiger partial charge on any atom is 0.229 e. The molecule has 1 heterocycles. The summed E-state index contributed by atoms with van der Waals surface area (Å²) in [5, 5.41) is 2.88. The molecule has 0 atom stereocenters. The van der Waals surface area contributed by atoms with Crippen molar-refractivity contribution in [2.75, 3.05) is 11.1 Å². The summed E-state index contributed by atoms with van der Waals surface area (Å²) in [5.74, 6) is 0.650. The first kappa shape index (κ1) is 12.9. The summed E-state index contributed by atoms with van der Waals surface area (Å²) < 4.78 is 0. The van der Waals surface area contributed by atoms with Crippen molar-refractivity contribution in [2.24, 2.45) is 16.7 Å². The number of pyridine rings is 1. The fraction of sp³-hybridized carbons (Fsp3) is 0.571. The van der Waals surface area contributed by atoms with E-state index in [1.165, 1.54) is 0 Å². The largest absolute Gasteiger partial charge is 0.397 e.